The van der Waals surface area contributed by atoms with Crippen LogP contribution < -0.4 is 9.47 Å². The van der Waals surface area contributed by atoms with Crippen molar-refractivity contribution < 1.29 is 19.4 Å². The van der Waals surface area contributed by atoms with Gasteiger partial charge in [-0.1, -0.05) is 84.3 Å². The molecule has 0 spiro atoms. The van der Waals surface area contributed by atoms with Crippen LogP contribution in [-0.4, -0.2) is 24.3 Å². The Labute approximate surface area is 206 Å². The van der Waals surface area contributed by atoms with Crippen molar-refractivity contribution in [2.24, 2.45) is 5.92 Å². The Morgan fingerprint density at radius 2 is 1.38 bits per heavy atom. The fourth-order valence-electron chi connectivity index (χ4n) is 4.02. The number of benzene rings is 2. The molecule has 4 heteroatoms. The molecule has 1 atom stereocenters. The molecule has 0 aliphatic rings. The number of hydrogen-bond donors (Lipinski definition) is 1. The van der Waals surface area contributed by atoms with Gasteiger partial charge in [0.25, 0.3) is 0 Å². The van der Waals surface area contributed by atoms with E-state index in [1.165, 1.54) is 57.8 Å². The van der Waals surface area contributed by atoms with Crippen molar-refractivity contribution in [1.82, 2.24) is 0 Å². The van der Waals surface area contributed by atoms with Crippen LogP contribution in [-0.2, 0) is 0 Å². The monoisotopic (exact) mass is 468 g/mol. The molecule has 1 N–H and O–H groups in total. The van der Waals surface area contributed by atoms with Crippen LogP contribution in [0.5, 0.6) is 11.5 Å². The zero-order chi connectivity index (χ0) is 24.6. The summed E-state index contributed by atoms with van der Waals surface area (Å²) in [6, 6.07) is 12.9. The third-order valence-corrected chi connectivity index (χ3v) is 6.46. The Bertz CT molecular complexity index is 828. The van der Waals surface area contributed by atoms with E-state index >= 15 is 0 Å². The van der Waals surface area contributed by atoms with E-state index in [4.69, 9.17) is 9.47 Å². The van der Waals surface area contributed by atoms with Gasteiger partial charge in [0.1, 0.15) is 11.5 Å². The minimum Gasteiger partial charge on any atom is -0.494 e. The molecule has 2 rings (SSSR count). The molecule has 0 bridgehead atoms. The molecular formula is C30H44O4. The molecule has 0 aliphatic heterocycles. The minimum absolute atomic E-state index is 0.279. The molecular weight excluding hydrogens is 424 g/mol. The molecule has 188 valence electrons. The number of aromatic carboxylic acids is 1. The van der Waals surface area contributed by atoms with Crippen molar-refractivity contribution in [1.29, 1.82) is 0 Å². The summed E-state index contributed by atoms with van der Waals surface area (Å²) in [7, 11) is 0. The van der Waals surface area contributed by atoms with E-state index in [2.05, 4.69) is 20.8 Å². The first-order valence-corrected chi connectivity index (χ1v) is 13.3. The van der Waals surface area contributed by atoms with Gasteiger partial charge in [-0.2, -0.15) is 0 Å². The van der Waals surface area contributed by atoms with Gasteiger partial charge in [-0.25, -0.2) is 4.79 Å². The highest BCUT2D eigenvalue weighted by molar-refractivity contribution is 5.96. The number of unbranched alkanes of at least 4 members (excludes halogenated alkanes) is 7. The summed E-state index contributed by atoms with van der Waals surface area (Å²) in [5.74, 6) is 1.32. The van der Waals surface area contributed by atoms with E-state index in [0.717, 1.165) is 30.1 Å². The van der Waals surface area contributed by atoms with E-state index in [-0.39, 0.29) is 5.56 Å². The van der Waals surface area contributed by atoms with Gasteiger partial charge in [-0.3, -0.25) is 0 Å². The van der Waals surface area contributed by atoms with Crippen molar-refractivity contribution in [2.75, 3.05) is 13.2 Å². The van der Waals surface area contributed by atoms with E-state index < -0.39 is 5.97 Å². The molecule has 0 heterocycles. The molecule has 2 aromatic rings. The van der Waals surface area contributed by atoms with E-state index in [1.54, 1.807) is 12.1 Å². The van der Waals surface area contributed by atoms with Crippen LogP contribution in [0.1, 0.15) is 102 Å². The average molecular weight is 469 g/mol. The maximum atomic E-state index is 11.8. The Hall–Kier alpha value is -2.49. The molecule has 34 heavy (non-hydrogen) atoms. The summed E-state index contributed by atoms with van der Waals surface area (Å²) in [5, 5.41) is 9.67. The number of ether oxygens (including phenoxy) is 2. The number of rotatable bonds is 18. The van der Waals surface area contributed by atoms with Crippen LogP contribution in [0.25, 0.3) is 11.1 Å². The second kappa shape index (κ2) is 16.2. The van der Waals surface area contributed by atoms with Crippen molar-refractivity contribution in [3.63, 3.8) is 0 Å². The Kier molecular flexibility index (Phi) is 13.2. The second-order valence-corrected chi connectivity index (χ2v) is 9.36. The minimum atomic E-state index is -0.935. The molecule has 0 radical (unpaired) electrons. The Balaban J connectivity index is 1.88. The number of hydrogen-bond acceptors (Lipinski definition) is 3. The summed E-state index contributed by atoms with van der Waals surface area (Å²) in [4.78, 5) is 11.8. The lowest BCUT2D eigenvalue weighted by molar-refractivity contribution is 0.0697. The highest BCUT2D eigenvalue weighted by Gasteiger charge is 2.13. The number of carboxylic acid groups (broad SMARTS) is 1. The average Bonchev–Trinajstić information content (AvgIpc) is 2.85. The first-order chi connectivity index (χ1) is 16.5. The summed E-state index contributed by atoms with van der Waals surface area (Å²) in [5.41, 5.74) is 1.80. The van der Waals surface area contributed by atoms with Crippen molar-refractivity contribution in [3.8, 4) is 22.6 Å². The molecule has 0 amide bonds. The molecule has 4 nitrogen and oxygen atoms in total. The lowest BCUT2D eigenvalue weighted by atomic mass is 9.99. The third kappa shape index (κ3) is 10.2. The molecule has 0 saturated carbocycles. The van der Waals surface area contributed by atoms with Gasteiger partial charge in [-0.15, -0.1) is 0 Å². The zero-order valence-corrected chi connectivity index (χ0v) is 21.5. The van der Waals surface area contributed by atoms with Gasteiger partial charge in [-0.05, 0) is 66.6 Å². The summed E-state index contributed by atoms with van der Waals surface area (Å²) in [6.45, 7) is 8.08. The largest absolute Gasteiger partial charge is 0.494 e. The van der Waals surface area contributed by atoms with Crippen LogP contribution in [0.2, 0.25) is 0 Å². The fourth-order valence-corrected chi connectivity index (χ4v) is 4.02. The molecule has 0 fully saturated rings. The van der Waals surface area contributed by atoms with Gasteiger partial charge in [0.2, 0.25) is 0 Å². The van der Waals surface area contributed by atoms with Gasteiger partial charge in [0, 0.05) is 0 Å². The molecule has 0 saturated heterocycles. The maximum Gasteiger partial charge on any atom is 0.336 e. The number of carbonyl (C=O) groups is 1. The van der Waals surface area contributed by atoms with Crippen LogP contribution in [0, 0.1) is 5.92 Å². The third-order valence-electron chi connectivity index (χ3n) is 6.46. The fraction of sp³-hybridized carbons (Fsp3) is 0.567. The first-order valence-electron chi connectivity index (χ1n) is 13.3. The maximum absolute atomic E-state index is 11.8. The summed E-state index contributed by atoms with van der Waals surface area (Å²) >= 11 is 0. The highest BCUT2D eigenvalue weighted by Crippen LogP contribution is 2.30. The van der Waals surface area contributed by atoms with Crippen LogP contribution in [0.4, 0.5) is 0 Å². The normalized spacial score (nSPS) is 11.9. The standard InChI is InChI=1S/C30H44O4/c1-4-6-7-8-9-10-11-12-21-34-27-19-20-28(30(31)32)29(23-27)25-15-17-26(18-16-25)33-22-13-14-24(3)5-2/h15-20,23-24H,4-14,21-22H2,1-3H3,(H,31,32)/t24-/m0/s1. The molecule has 0 aliphatic carbocycles. The van der Waals surface area contributed by atoms with Gasteiger partial charge < -0.3 is 14.6 Å². The van der Waals surface area contributed by atoms with Crippen molar-refractivity contribution in [2.45, 2.75) is 91.4 Å². The van der Waals surface area contributed by atoms with Gasteiger partial charge >= 0.3 is 5.97 Å². The smallest absolute Gasteiger partial charge is 0.336 e. The van der Waals surface area contributed by atoms with Crippen molar-refractivity contribution >= 4 is 5.97 Å². The second-order valence-electron chi connectivity index (χ2n) is 9.36. The predicted octanol–water partition coefficient (Wildman–Crippen LogP) is 8.78. The van der Waals surface area contributed by atoms with Crippen LogP contribution in [0.3, 0.4) is 0 Å². The van der Waals surface area contributed by atoms with E-state index in [0.29, 0.717) is 24.5 Å². The lowest BCUT2D eigenvalue weighted by Gasteiger charge is -2.12. The zero-order valence-electron chi connectivity index (χ0n) is 21.5. The number of carboxylic acids is 1. The Morgan fingerprint density at radius 1 is 0.794 bits per heavy atom. The molecule has 0 aromatic heterocycles. The predicted molar refractivity (Wildman–Crippen MR) is 141 cm³/mol. The molecule has 2 aromatic carbocycles. The first kappa shape index (κ1) is 27.8. The molecule has 0 unspecified atom stereocenters. The summed E-state index contributed by atoms with van der Waals surface area (Å²) in [6.07, 6.45) is 13.4. The SMILES string of the molecule is CCCCCCCCCCOc1ccc(C(=O)O)c(-c2ccc(OCCC[C@@H](C)CC)cc2)c1. The van der Waals surface area contributed by atoms with Gasteiger partial charge in [0.15, 0.2) is 0 Å². The quantitative estimate of drug-likeness (QED) is 0.222. The summed E-state index contributed by atoms with van der Waals surface area (Å²) < 4.78 is 11.8. The van der Waals surface area contributed by atoms with Gasteiger partial charge in [0.05, 0.1) is 18.8 Å². The van der Waals surface area contributed by atoms with Crippen LogP contribution in [0.15, 0.2) is 42.5 Å². The lowest BCUT2D eigenvalue weighted by Crippen LogP contribution is -2.03. The van der Waals surface area contributed by atoms with E-state index in [1.807, 2.05) is 30.3 Å². The van der Waals surface area contributed by atoms with Crippen LogP contribution >= 0.6 is 0 Å². The Morgan fingerprint density at radius 3 is 2.03 bits per heavy atom. The van der Waals surface area contributed by atoms with Crippen molar-refractivity contribution in [3.05, 3.63) is 48.0 Å². The topological polar surface area (TPSA) is 55.8 Å². The highest BCUT2D eigenvalue weighted by atomic mass is 16.5. The van der Waals surface area contributed by atoms with E-state index in [9.17, 15) is 9.90 Å².